The molecule has 27 heavy (non-hydrogen) atoms. The van der Waals surface area contributed by atoms with Crippen LogP contribution in [0.4, 0.5) is 0 Å². The molecule has 0 saturated heterocycles. The molecule has 1 aliphatic carbocycles. The second-order valence-corrected chi connectivity index (χ2v) is 6.75. The third-order valence-corrected chi connectivity index (χ3v) is 4.99. The van der Waals surface area contributed by atoms with Gasteiger partial charge in [0.2, 0.25) is 0 Å². The van der Waals surface area contributed by atoms with Gasteiger partial charge in [0.05, 0.1) is 11.5 Å². The van der Waals surface area contributed by atoms with Crippen LogP contribution in [0.1, 0.15) is 38.3 Å². The van der Waals surface area contributed by atoms with E-state index in [4.69, 9.17) is 4.74 Å². The molecule has 0 amide bonds. The fourth-order valence-electron chi connectivity index (χ4n) is 3.58. The summed E-state index contributed by atoms with van der Waals surface area (Å²) in [5.74, 6) is -0.314. The maximum Gasteiger partial charge on any atom is 0.177 e. The highest BCUT2D eigenvalue weighted by Gasteiger charge is 2.35. The number of ether oxygens (including phenoxy) is 1. The first kappa shape index (κ1) is 17.2. The first-order valence-electron chi connectivity index (χ1n) is 9.16. The minimum atomic E-state index is -0.638. The topological polar surface area (TPSA) is 43.4 Å². The van der Waals surface area contributed by atoms with E-state index >= 15 is 0 Å². The highest BCUT2D eigenvalue weighted by Crippen LogP contribution is 2.34. The number of benzene rings is 3. The Labute approximate surface area is 158 Å². The molecule has 0 spiro atoms. The first-order valence-corrected chi connectivity index (χ1v) is 9.16. The van der Waals surface area contributed by atoms with Crippen LogP contribution in [0.25, 0.3) is 0 Å². The largest absolute Gasteiger partial charge is 0.488 e. The van der Waals surface area contributed by atoms with E-state index in [1.54, 1.807) is 12.1 Å². The second-order valence-electron chi connectivity index (χ2n) is 6.75. The maximum atomic E-state index is 13.2. The van der Waals surface area contributed by atoms with Crippen LogP contribution in [-0.2, 0) is 13.0 Å². The number of carbonyl (C=O) groups excluding carboxylic acids is 2. The fraction of sp³-hybridized carbons (Fsp3) is 0.167. The van der Waals surface area contributed by atoms with Gasteiger partial charge in [-0.2, -0.15) is 0 Å². The van der Waals surface area contributed by atoms with E-state index in [2.05, 4.69) is 0 Å². The van der Waals surface area contributed by atoms with Crippen molar-refractivity contribution in [2.24, 2.45) is 5.92 Å². The van der Waals surface area contributed by atoms with E-state index in [1.807, 2.05) is 66.7 Å². The smallest absolute Gasteiger partial charge is 0.177 e. The van der Waals surface area contributed by atoms with Gasteiger partial charge in [-0.3, -0.25) is 9.59 Å². The van der Waals surface area contributed by atoms with Crippen molar-refractivity contribution in [2.45, 2.75) is 19.4 Å². The molecule has 0 aromatic heterocycles. The van der Waals surface area contributed by atoms with Gasteiger partial charge in [-0.15, -0.1) is 0 Å². The molecule has 0 radical (unpaired) electrons. The third kappa shape index (κ3) is 3.54. The predicted octanol–water partition coefficient (Wildman–Crippen LogP) is 4.89. The van der Waals surface area contributed by atoms with Crippen molar-refractivity contribution in [3.63, 3.8) is 0 Å². The quantitative estimate of drug-likeness (QED) is 0.483. The van der Waals surface area contributed by atoms with Crippen molar-refractivity contribution in [1.82, 2.24) is 0 Å². The van der Waals surface area contributed by atoms with Crippen LogP contribution in [0.5, 0.6) is 5.75 Å². The lowest BCUT2D eigenvalue weighted by atomic mass is 9.78. The van der Waals surface area contributed by atoms with Crippen molar-refractivity contribution in [3.8, 4) is 5.75 Å². The van der Waals surface area contributed by atoms with Gasteiger partial charge in [-0.25, -0.2) is 0 Å². The normalized spacial score (nSPS) is 15.9. The van der Waals surface area contributed by atoms with Crippen LogP contribution in [0, 0.1) is 5.92 Å². The van der Waals surface area contributed by atoms with Crippen molar-refractivity contribution >= 4 is 11.6 Å². The summed E-state index contributed by atoms with van der Waals surface area (Å²) in [4.78, 5) is 26.0. The molecule has 3 heteroatoms. The number of hydrogen-bond donors (Lipinski definition) is 0. The number of Topliss-reactive ketones (excluding diaryl/α,β-unsaturated/α-hetero) is 2. The highest BCUT2D eigenvalue weighted by atomic mass is 16.5. The van der Waals surface area contributed by atoms with Gasteiger partial charge in [0.1, 0.15) is 12.4 Å². The average molecular weight is 356 g/mol. The summed E-state index contributed by atoms with van der Waals surface area (Å²) < 4.78 is 5.96. The van der Waals surface area contributed by atoms with Crippen LogP contribution in [-0.4, -0.2) is 11.6 Å². The Bertz CT molecular complexity index is 961. The zero-order chi connectivity index (χ0) is 18.6. The lowest BCUT2D eigenvalue weighted by molar-refractivity contribution is 0.0787. The Morgan fingerprint density at radius 3 is 2.33 bits per heavy atom. The summed E-state index contributed by atoms with van der Waals surface area (Å²) in [7, 11) is 0. The monoisotopic (exact) mass is 356 g/mol. The molecule has 3 nitrogen and oxygen atoms in total. The zero-order valence-electron chi connectivity index (χ0n) is 14.9. The number of hydrogen-bond acceptors (Lipinski definition) is 3. The van der Waals surface area contributed by atoms with Gasteiger partial charge in [0.25, 0.3) is 0 Å². The summed E-state index contributed by atoms with van der Waals surface area (Å²) >= 11 is 0. The molecule has 0 bridgehead atoms. The molecule has 0 saturated carbocycles. The minimum absolute atomic E-state index is 0.107. The lowest BCUT2D eigenvalue weighted by Crippen LogP contribution is -2.30. The molecule has 0 fully saturated rings. The van der Waals surface area contributed by atoms with Gasteiger partial charge in [0, 0.05) is 5.56 Å². The molecule has 0 aliphatic heterocycles. The Hall–Kier alpha value is -3.20. The first-order chi connectivity index (χ1) is 13.2. The van der Waals surface area contributed by atoms with E-state index in [1.165, 1.54) is 0 Å². The van der Waals surface area contributed by atoms with E-state index in [-0.39, 0.29) is 11.6 Å². The van der Waals surface area contributed by atoms with Crippen molar-refractivity contribution < 1.29 is 14.3 Å². The Morgan fingerprint density at radius 1 is 0.889 bits per heavy atom. The molecule has 0 heterocycles. The van der Waals surface area contributed by atoms with Crippen LogP contribution < -0.4 is 4.74 Å². The van der Waals surface area contributed by atoms with Crippen molar-refractivity contribution in [1.29, 1.82) is 0 Å². The summed E-state index contributed by atoms with van der Waals surface area (Å²) in [6, 6.07) is 24.6. The predicted molar refractivity (Wildman–Crippen MR) is 104 cm³/mol. The average Bonchev–Trinajstić information content (AvgIpc) is 2.73. The second kappa shape index (κ2) is 7.58. The van der Waals surface area contributed by atoms with Crippen molar-refractivity contribution in [2.75, 3.05) is 0 Å². The van der Waals surface area contributed by atoms with Crippen LogP contribution in [0.2, 0.25) is 0 Å². The number of carbonyl (C=O) groups is 2. The number of rotatable bonds is 5. The Balaban J connectivity index is 1.60. The third-order valence-electron chi connectivity index (χ3n) is 4.99. The summed E-state index contributed by atoms with van der Waals surface area (Å²) in [5, 5.41) is 0. The summed E-state index contributed by atoms with van der Waals surface area (Å²) in [6.07, 6.45) is 1.24. The van der Waals surface area contributed by atoms with Crippen molar-refractivity contribution in [3.05, 3.63) is 101 Å². The summed E-state index contributed by atoms with van der Waals surface area (Å²) in [6.45, 7) is 0.391. The van der Waals surface area contributed by atoms with Gasteiger partial charge >= 0.3 is 0 Å². The van der Waals surface area contributed by atoms with Crippen LogP contribution >= 0.6 is 0 Å². The van der Waals surface area contributed by atoms with E-state index < -0.39 is 5.92 Å². The van der Waals surface area contributed by atoms with E-state index in [0.29, 0.717) is 36.3 Å². The molecular weight excluding hydrogens is 336 g/mol. The number of fused-ring (bicyclic) bond motifs is 1. The number of ketones is 2. The molecule has 1 unspecified atom stereocenters. The molecule has 3 aromatic rings. The molecule has 0 N–H and O–H groups in total. The molecule has 1 aliphatic rings. The van der Waals surface area contributed by atoms with Gasteiger partial charge in [-0.1, -0.05) is 72.8 Å². The number of aryl methyl sites for hydroxylation is 1. The van der Waals surface area contributed by atoms with Crippen LogP contribution in [0.15, 0.2) is 78.9 Å². The Kier molecular flexibility index (Phi) is 4.84. The zero-order valence-corrected chi connectivity index (χ0v) is 14.9. The highest BCUT2D eigenvalue weighted by molar-refractivity contribution is 6.18. The standard InChI is InChI=1S/C24H20O3/c25-23(19-10-5-2-6-11-19)20-15-14-18-12-7-13-21(22(18)24(20)26)27-16-17-8-3-1-4-9-17/h1-13,20H,14-16H2. The fourth-order valence-corrected chi connectivity index (χ4v) is 3.58. The Morgan fingerprint density at radius 2 is 1.59 bits per heavy atom. The van der Waals surface area contributed by atoms with Gasteiger partial charge in [-0.05, 0) is 30.0 Å². The molecular formula is C24H20O3. The minimum Gasteiger partial charge on any atom is -0.488 e. The molecule has 4 rings (SSSR count). The molecule has 134 valence electrons. The lowest BCUT2D eigenvalue weighted by Gasteiger charge is -2.24. The van der Waals surface area contributed by atoms with Gasteiger partial charge in [0.15, 0.2) is 11.6 Å². The molecule has 3 aromatic carbocycles. The SMILES string of the molecule is O=C(c1ccccc1)C1CCc2cccc(OCc3ccccc3)c2C1=O. The van der Waals surface area contributed by atoms with Gasteiger partial charge < -0.3 is 4.74 Å². The van der Waals surface area contributed by atoms with E-state index in [0.717, 1.165) is 11.1 Å². The molecule has 1 atom stereocenters. The van der Waals surface area contributed by atoms with E-state index in [9.17, 15) is 9.59 Å². The maximum absolute atomic E-state index is 13.2. The summed E-state index contributed by atoms with van der Waals surface area (Å²) in [5.41, 5.74) is 3.15. The van der Waals surface area contributed by atoms with Crippen LogP contribution in [0.3, 0.4) is 0 Å².